The molecule has 3 fully saturated rings. The van der Waals surface area contributed by atoms with Crippen molar-refractivity contribution in [2.24, 2.45) is 17.8 Å². The van der Waals surface area contributed by atoms with E-state index < -0.39 is 50.8 Å². The number of aromatic hydroxyl groups is 1. The lowest BCUT2D eigenvalue weighted by Crippen LogP contribution is -2.60. The number of halogens is 3. The number of phenolic OH excluding ortho intramolecular Hbond substituents is 1. The standard InChI is InChI=1S/C27H29BrCl2N2O6/c1-5-38-17-8-6-7-15(20(17)33)19-13-9-10-14-18(22(35)32(21(14)34)25(2,3)4)16(13)11-26(29)23(36)31(12-28)24(37)27(19,26)30/h6-9,14,16,18-19,33H,5,10-12H2,1-4H3/t14-,16+,18-,19+,26+,27-/m0/s1. The quantitative estimate of drug-likeness (QED) is 0.231. The van der Waals surface area contributed by atoms with Crippen molar-refractivity contribution in [1.29, 1.82) is 0 Å². The van der Waals surface area contributed by atoms with Gasteiger partial charge in [-0.15, -0.1) is 23.2 Å². The normalized spacial score (nSPS) is 34.8. The van der Waals surface area contributed by atoms with Crippen molar-refractivity contribution in [2.45, 2.75) is 61.7 Å². The van der Waals surface area contributed by atoms with Gasteiger partial charge in [0.2, 0.25) is 11.8 Å². The van der Waals surface area contributed by atoms with Crippen molar-refractivity contribution in [3.63, 3.8) is 0 Å². The molecule has 1 saturated carbocycles. The lowest BCUT2D eigenvalue weighted by Gasteiger charge is -2.50. The highest BCUT2D eigenvalue weighted by molar-refractivity contribution is 9.09. The lowest BCUT2D eigenvalue weighted by molar-refractivity contribution is -0.146. The molecule has 38 heavy (non-hydrogen) atoms. The highest BCUT2D eigenvalue weighted by Gasteiger charge is 2.76. The monoisotopic (exact) mass is 626 g/mol. The fraction of sp³-hybridized carbons (Fsp3) is 0.556. The summed E-state index contributed by atoms with van der Waals surface area (Å²) in [4.78, 5) is 53.1. The number of benzene rings is 1. The van der Waals surface area contributed by atoms with E-state index in [1.54, 1.807) is 45.9 Å². The van der Waals surface area contributed by atoms with E-state index in [9.17, 15) is 24.3 Å². The van der Waals surface area contributed by atoms with Crippen LogP contribution in [-0.4, -0.2) is 65.9 Å². The Hall–Kier alpha value is -2.10. The van der Waals surface area contributed by atoms with E-state index in [-0.39, 0.29) is 53.8 Å². The van der Waals surface area contributed by atoms with Gasteiger partial charge in [0.05, 0.1) is 23.9 Å². The Balaban J connectivity index is 1.74. The van der Waals surface area contributed by atoms with Crippen LogP contribution >= 0.6 is 39.1 Å². The van der Waals surface area contributed by atoms with Crippen LogP contribution in [0.25, 0.3) is 0 Å². The Morgan fingerprint density at radius 2 is 1.79 bits per heavy atom. The molecule has 2 heterocycles. The molecule has 0 unspecified atom stereocenters. The van der Waals surface area contributed by atoms with Crippen molar-refractivity contribution in [3.05, 3.63) is 35.4 Å². The second-order valence-electron chi connectivity index (χ2n) is 11.3. The predicted octanol–water partition coefficient (Wildman–Crippen LogP) is 4.30. The number of alkyl halides is 3. The molecule has 4 amide bonds. The molecule has 2 saturated heterocycles. The van der Waals surface area contributed by atoms with Crippen molar-refractivity contribution >= 4 is 62.8 Å². The summed E-state index contributed by atoms with van der Waals surface area (Å²) in [5, 5.41) is 11.3. The minimum Gasteiger partial charge on any atom is -0.504 e. The number of phenols is 1. The van der Waals surface area contributed by atoms with E-state index in [4.69, 9.17) is 27.9 Å². The topological polar surface area (TPSA) is 104 Å². The second kappa shape index (κ2) is 8.96. The van der Waals surface area contributed by atoms with Gasteiger partial charge < -0.3 is 9.84 Å². The number of nitrogens with zero attached hydrogens (tertiary/aromatic N) is 2. The number of carbonyl (C=O) groups is 4. The fourth-order valence-corrected chi connectivity index (χ4v) is 8.22. The summed E-state index contributed by atoms with van der Waals surface area (Å²) in [5.41, 5.74) is 0.0457. The molecule has 0 aromatic heterocycles. The zero-order valence-corrected chi connectivity index (χ0v) is 24.6. The van der Waals surface area contributed by atoms with E-state index in [1.807, 2.05) is 6.08 Å². The van der Waals surface area contributed by atoms with Crippen LogP contribution in [-0.2, 0) is 19.2 Å². The third kappa shape index (κ3) is 3.40. The largest absolute Gasteiger partial charge is 0.504 e. The van der Waals surface area contributed by atoms with Gasteiger partial charge >= 0.3 is 0 Å². The average molecular weight is 628 g/mol. The van der Waals surface area contributed by atoms with Gasteiger partial charge in [0.15, 0.2) is 21.2 Å². The van der Waals surface area contributed by atoms with E-state index in [0.29, 0.717) is 5.57 Å². The summed E-state index contributed by atoms with van der Waals surface area (Å²) in [6.45, 7) is 7.46. The first-order valence-electron chi connectivity index (χ1n) is 12.6. The van der Waals surface area contributed by atoms with Gasteiger partial charge in [-0.2, -0.15) is 0 Å². The van der Waals surface area contributed by atoms with Gasteiger partial charge in [-0.05, 0) is 52.5 Å². The fourth-order valence-electron chi connectivity index (χ4n) is 6.80. The summed E-state index contributed by atoms with van der Waals surface area (Å²) >= 11 is 17.6. The molecule has 1 aromatic carbocycles. The first-order valence-corrected chi connectivity index (χ1v) is 14.5. The van der Waals surface area contributed by atoms with E-state index >= 15 is 0 Å². The molecule has 8 nitrogen and oxygen atoms in total. The number of para-hydroxylation sites is 1. The predicted molar refractivity (Wildman–Crippen MR) is 144 cm³/mol. The Bertz CT molecular complexity index is 1290. The minimum absolute atomic E-state index is 0.0987. The number of allylic oxidation sites excluding steroid dienone is 2. The molecule has 2 aliphatic heterocycles. The third-order valence-corrected chi connectivity index (χ3v) is 10.2. The van der Waals surface area contributed by atoms with E-state index in [2.05, 4.69) is 15.9 Å². The Kier molecular flexibility index (Phi) is 6.48. The first kappa shape index (κ1) is 27.5. The zero-order valence-electron chi connectivity index (χ0n) is 21.5. The first-order chi connectivity index (χ1) is 17.8. The summed E-state index contributed by atoms with van der Waals surface area (Å²) in [6, 6.07) is 4.88. The van der Waals surface area contributed by atoms with Crippen LogP contribution < -0.4 is 4.74 Å². The molecule has 1 aromatic rings. The molecule has 0 radical (unpaired) electrons. The van der Waals surface area contributed by atoms with Crippen LogP contribution in [0.15, 0.2) is 29.8 Å². The van der Waals surface area contributed by atoms with E-state index in [0.717, 1.165) is 4.90 Å². The molecule has 0 spiro atoms. The van der Waals surface area contributed by atoms with Gasteiger partial charge in [0, 0.05) is 17.0 Å². The van der Waals surface area contributed by atoms with Gasteiger partial charge in [-0.1, -0.05) is 39.7 Å². The van der Waals surface area contributed by atoms with Crippen molar-refractivity contribution in [2.75, 3.05) is 12.1 Å². The molecule has 6 atom stereocenters. The molecule has 11 heteroatoms. The van der Waals surface area contributed by atoms with Crippen LogP contribution in [0, 0.1) is 17.8 Å². The van der Waals surface area contributed by atoms with Crippen LogP contribution in [0.5, 0.6) is 11.5 Å². The van der Waals surface area contributed by atoms with Crippen LogP contribution in [0.1, 0.15) is 52.0 Å². The van der Waals surface area contributed by atoms with Crippen molar-refractivity contribution in [3.8, 4) is 11.5 Å². The van der Waals surface area contributed by atoms with Gasteiger partial charge in [0.25, 0.3) is 11.8 Å². The summed E-state index contributed by atoms with van der Waals surface area (Å²) in [6.07, 6.45) is 2.01. The maximum absolute atomic E-state index is 13.8. The lowest BCUT2D eigenvalue weighted by atomic mass is 9.56. The number of hydrogen-bond acceptors (Lipinski definition) is 6. The van der Waals surface area contributed by atoms with E-state index in [1.165, 1.54) is 4.90 Å². The molecular weight excluding hydrogens is 599 g/mol. The van der Waals surface area contributed by atoms with Crippen molar-refractivity contribution in [1.82, 2.24) is 9.80 Å². The molecule has 2 aliphatic carbocycles. The number of rotatable bonds is 4. The summed E-state index contributed by atoms with van der Waals surface area (Å²) in [7, 11) is 0. The van der Waals surface area contributed by atoms with Gasteiger partial charge in [0.1, 0.15) is 0 Å². The second-order valence-corrected chi connectivity index (χ2v) is 13.0. The smallest absolute Gasteiger partial charge is 0.254 e. The molecule has 1 N–H and O–H groups in total. The maximum Gasteiger partial charge on any atom is 0.254 e. The number of fused-ring (bicyclic) bond motifs is 4. The number of ether oxygens (including phenoxy) is 1. The molecule has 0 bridgehead atoms. The average Bonchev–Trinajstić information content (AvgIpc) is 3.19. The zero-order chi connectivity index (χ0) is 27.9. The Labute approximate surface area is 239 Å². The molecule has 5 rings (SSSR count). The summed E-state index contributed by atoms with van der Waals surface area (Å²) < 4.78 is 5.60. The maximum atomic E-state index is 13.8. The Morgan fingerprint density at radius 1 is 1.11 bits per heavy atom. The van der Waals surface area contributed by atoms with Crippen LogP contribution in [0.4, 0.5) is 0 Å². The number of imide groups is 2. The number of likely N-dealkylation sites (tertiary alicyclic amines) is 2. The minimum atomic E-state index is -1.98. The van der Waals surface area contributed by atoms with Crippen LogP contribution in [0.3, 0.4) is 0 Å². The molecular formula is C27H29BrCl2N2O6. The molecule has 204 valence electrons. The van der Waals surface area contributed by atoms with Gasteiger partial charge in [-0.3, -0.25) is 29.0 Å². The highest BCUT2D eigenvalue weighted by atomic mass is 79.9. The highest BCUT2D eigenvalue weighted by Crippen LogP contribution is 2.66. The number of carbonyl (C=O) groups excluding carboxylic acids is 4. The SMILES string of the molecule is CCOc1cccc([C@H]2C3=CC[C@@H]4C(=O)N(C(C)(C)C)C(=O)[C@@H]4[C@@H]3C[C@@]3(Cl)C(=O)N(CBr)C(=O)[C@@]23Cl)c1O. The van der Waals surface area contributed by atoms with Crippen LogP contribution in [0.2, 0.25) is 0 Å². The number of amides is 4. The third-order valence-electron chi connectivity index (χ3n) is 8.33. The number of hydrogen-bond donors (Lipinski definition) is 1. The Morgan fingerprint density at radius 3 is 2.39 bits per heavy atom. The summed E-state index contributed by atoms with van der Waals surface area (Å²) in [5.74, 6) is -5.04. The molecule has 4 aliphatic rings. The van der Waals surface area contributed by atoms with Crippen molar-refractivity contribution < 1.29 is 29.0 Å². The van der Waals surface area contributed by atoms with Gasteiger partial charge in [-0.25, -0.2) is 0 Å².